The van der Waals surface area contributed by atoms with E-state index in [1.165, 1.54) is 32.2 Å². The Morgan fingerprint density at radius 1 is 1.14 bits per heavy atom. The number of hydrogen-bond donors (Lipinski definition) is 0. The van der Waals surface area contributed by atoms with Crippen LogP contribution >= 0.6 is 0 Å². The van der Waals surface area contributed by atoms with Gasteiger partial charge >= 0.3 is 10.1 Å². The molecule has 0 bridgehead atoms. The van der Waals surface area contributed by atoms with Crippen molar-refractivity contribution in [1.82, 2.24) is 0 Å². The lowest BCUT2D eigenvalue weighted by atomic mass is 9.97. The Balaban J connectivity index is 2.16. The average molecular weight is 402 g/mol. The van der Waals surface area contributed by atoms with Crippen molar-refractivity contribution in [3.8, 4) is 17.2 Å². The van der Waals surface area contributed by atoms with Gasteiger partial charge in [0.25, 0.3) is 0 Å². The highest BCUT2D eigenvalue weighted by molar-refractivity contribution is 7.87. The molecule has 0 saturated carbocycles. The molecule has 3 rings (SSSR count). The second-order valence-electron chi connectivity index (χ2n) is 7.14. The van der Waals surface area contributed by atoms with E-state index in [1.54, 1.807) is 18.2 Å². The second kappa shape index (κ2) is 6.98. The summed E-state index contributed by atoms with van der Waals surface area (Å²) in [6.07, 6.45) is 3.63. The third kappa shape index (κ3) is 3.75. The molecule has 1 heterocycles. The number of methoxy groups -OCH3 is 1. The first-order chi connectivity index (χ1) is 13.0. The van der Waals surface area contributed by atoms with Gasteiger partial charge < -0.3 is 13.7 Å². The number of benzene rings is 2. The summed E-state index contributed by atoms with van der Waals surface area (Å²) in [6.45, 7) is 6.90. The molecule has 28 heavy (non-hydrogen) atoms. The van der Waals surface area contributed by atoms with Crippen LogP contribution in [0.5, 0.6) is 17.2 Å². The van der Waals surface area contributed by atoms with E-state index in [9.17, 15) is 13.2 Å². The fourth-order valence-electron chi connectivity index (χ4n) is 2.95. The smallest absolute Gasteiger partial charge is 0.339 e. The monoisotopic (exact) mass is 402 g/mol. The van der Waals surface area contributed by atoms with Crippen molar-refractivity contribution in [3.63, 3.8) is 0 Å². The van der Waals surface area contributed by atoms with Crippen molar-refractivity contribution in [1.29, 1.82) is 0 Å². The first-order valence-corrected chi connectivity index (χ1v) is 10.1. The van der Waals surface area contributed by atoms with Crippen LogP contribution in [0.4, 0.5) is 0 Å². The molecule has 0 N–H and O–H groups in total. The van der Waals surface area contributed by atoms with Gasteiger partial charge in [-0.15, -0.1) is 0 Å². The molecule has 0 aliphatic carbocycles. The summed E-state index contributed by atoms with van der Waals surface area (Å²) in [5, 5.41) is 0. The molecule has 0 saturated heterocycles. The number of aryl methyl sites for hydroxylation is 1. The van der Waals surface area contributed by atoms with Crippen molar-refractivity contribution in [2.45, 2.75) is 38.2 Å². The maximum Gasteiger partial charge on any atom is 0.339 e. The summed E-state index contributed by atoms with van der Waals surface area (Å²) in [7, 11) is -2.74. The first-order valence-electron chi connectivity index (χ1n) is 8.69. The standard InChI is InChI=1S/C21H22O6S/c1-13-6-8-15(9-7-13)28(23,24)27-18-12-17-16(10-11-21(3,4)26-17)20(25-5)19(18)14(2)22/h6-12H,1-5H3. The molecule has 148 valence electrons. The summed E-state index contributed by atoms with van der Waals surface area (Å²) in [5.74, 6) is 0.0797. The molecule has 0 atom stereocenters. The van der Waals surface area contributed by atoms with Crippen LogP contribution in [0.1, 0.15) is 42.3 Å². The van der Waals surface area contributed by atoms with Crippen LogP contribution in [0.3, 0.4) is 0 Å². The Kier molecular flexibility index (Phi) is 4.97. The van der Waals surface area contributed by atoms with Gasteiger partial charge in [-0.1, -0.05) is 17.7 Å². The molecule has 2 aromatic carbocycles. The third-order valence-corrected chi connectivity index (χ3v) is 5.58. The average Bonchev–Trinajstić information content (AvgIpc) is 2.59. The summed E-state index contributed by atoms with van der Waals surface area (Å²) < 4.78 is 42.2. The number of ether oxygens (including phenoxy) is 2. The first kappa shape index (κ1) is 19.9. The van der Waals surface area contributed by atoms with Crippen LogP contribution in [0.2, 0.25) is 0 Å². The summed E-state index contributed by atoms with van der Waals surface area (Å²) in [5.41, 5.74) is 0.932. The van der Waals surface area contributed by atoms with E-state index in [4.69, 9.17) is 13.7 Å². The molecule has 0 fully saturated rings. The maximum absolute atomic E-state index is 12.8. The number of carbonyl (C=O) groups excluding carboxylic acids is 1. The molecule has 1 aliphatic heterocycles. The lowest BCUT2D eigenvalue weighted by molar-refractivity contribution is 0.101. The minimum Gasteiger partial charge on any atom is -0.495 e. The third-order valence-electron chi connectivity index (χ3n) is 4.34. The van der Waals surface area contributed by atoms with E-state index >= 15 is 0 Å². The fraction of sp³-hybridized carbons (Fsp3) is 0.286. The summed E-state index contributed by atoms with van der Waals surface area (Å²) in [6, 6.07) is 7.68. The molecular weight excluding hydrogens is 380 g/mol. The Morgan fingerprint density at radius 2 is 1.79 bits per heavy atom. The van der Waals surface area contributed by atoms with Gasteiger partial charge in [0.2, 0.25) is 0 Å². The number of carbonyl (C=O) groups is 1. The van der Waals surface area contributed by atoms with Gasteiger partial charge in [0, 0.05) is 6.07 Å². The minimum atomic E-state index is -4.15. The molecule has 2 aromatic rings. The maximum atomic E-state index is 12.8. The van der Waals surface area contributed by atoms with Crippen LogP contribution in [0, 0.1) is 6.92 Å². The number of Topliss-reactive ketones (excluding diaryl/α,β-unsaturated/α-hetero) is 1. The van der Waals surface area contributed by atoms with Crippen molar-refractivity contribution < 1.29 is 26.9 Å². The molecular formula is C21H22O6S. The number of hydrogen-bond acceptors (Lipinski definition) is 6. The van der Waals surface area contributed by atoms with E-state index in [0.717, 1.165) is 5.56 Å². The topological polar surface area (TPSA) is 78.9 Å². The summed E-state index contributed by atoms with van der Waals surface area (Å²) >= 11 is 0. The predicted octanol–water partition coefficient (Wildman–Crippen LogP) is 4.16. The molecule has 0 amide bonds. The molecule has 6 nitrogen and oxygen atoms in total. The Hall–Kier alpha value is -2.80. The van der Waals surface area contributed by atoms with Crippen LogP contribution < -0.4 is 13.7 Å². The van der Waals surface area contributed by atoms with E-state index in [0.29, 0.717) is 11.3 Å². The van der Waals surface area contributed by atoms with Crippen LogP contribution in [0.25, 0.3) is 6.08 Å². The zero-order chi connectivity index (χ0) is 20.7. The van der Waals surface area contributed by atoms with Gasteiger partial charge in [0.15, 0.2) is 11.5 Å². The van der Waals surface area contributed by atoms with Crippen LogP contribution in [-0.4, -0.2) is 26.9 Å². The predicted molar refractivity (Wildman–Crippen MR) is 106 cm³/mol. The van der Waals surface area contributed by atoms with Gasteiger partial charge in [-0.2, -0.15) is 8.42 Å². The lowest BCUT2D eigenvalue weighted by Crippen LogP contribution is -2.28. The Morgan fingerprint density at radius 3 is 2.36 bits per heavy atom. The van der Waals surface area contributed by atoms with Crippen LogP contribution in [-0.2, 0) is 10.1 Å². The number of rotatable bonds is 5. The van der Waals surface area contributed by atoms with Gasteiger partial charge in [-0.3, -0.25) is 4.79 Å². The van der Waals surface area contributed by atoms with Crippen molar-refractivity contribution >= 4 is 22.0 Å². The van der Waals surface area contributed by atoms with E-state index < -0.39 is 15.7 Å². The van der Waals surface area contributed by atoms with Gasteiger partial charge in [0.05, 0.1) is 12.7 Å². The minimum absolute atomic E-state index is 0.00886. The van der Waals surface area contributed by atoms with Gasteiger partial charge in [-0.05, 0) is 52.0 Å². The Bertz CT molecular complexity index is 1060. The molecule has 0 spiro atoms. The van der Waals surface area contributed by atoms with E-state index in [-0.39, 0.29) is 27.7 Å². The fourth-order valence-corrected chi connectivity index (χ4v) is 3.89. The quantitative estimate of drug-likeness (QED) is 0.552. The molecule has 7 heteroatoms. The van der Waals surface area contributed by atoms with Gasteiger partial charge in [0.1, 0.15) is 27.6 Å². The molecule has 0 unspecified atom stereocenters. The SMILES string of the molecule is COc1c2c(cc(OS(=O)(=O)c3ccc(C)cc3)c1C(C)=O)OC(C)(C)C=C2. The lowest BCUT2D eigenvalue weighted by Gasteiger charge is -2.29. The van der Waals surface area contributed by atoms with Gasteiger partial charge in [-0.25, -0.2) is 0 Å². The molecule has 0 aromatic heterocycles. The number of ketones is 1. The zero-order valence-electron chi connectivity index (χ0n) is 16.4. The van der Waals surface area contributed by atoms with E-state index in [1.807, 2.05) is 26.8 Å². The highest BCUT2D eigenvalue weighted by Gasteiger charge is 2.31. The van der Waals surface area contributed by atoms with E-state index in [2.05, 4.69) is 0 Å². The molecule has 0 radical (unpaired) electrons. The summed E-state index contributed by atoms with van der Waals surface area (Å²) in [4.78, 5) is 12.3. The van der Waals surface area contributed by atoms with Crippen LogP contribution in [0.15, 0.2) is 41.3 Å². The van der Waals surface area contributed by atoms with Crippen molar-refractivity contribution in [2.75, 3.05) is 7.11 Å². The number of fused-ring (bicyclic) bond motifs is 1. The van der Waals surface area contributed by atoms with Crippen molar-refractivity contribution in [2.24, 2.45) is 0 Å². The zero-order valence-corrected chi connectivity index (χ0v) is 17.2. The van der Waals surface area contributed by atoms with Crippen molar-refractivity contribution in [3.05, 3.63) is 53.1 Å². The normalized spacial score (nSPS) is 14.8. The second-order valence-corrected chi connectivity index (χ2v) is 8.69. The largest absolute Gasteiger partial charge is 0.495 e. The highest BCUT2D eigenvalue weighted by Crippen LogP contribution is 2.44. The molecule has 1 aliphatic rings. The Labute approximate surface area is 164 Å². The highest BCUT2D eigenvalue weighted by atomic mass is 32.2.